The van der Waals surface area contributed by atoms with Crippen LogP contribution in [-0.4, -0.2) is 39.0 Å². The number of amides is 1. The van der Waals surface area contributed by atoms with Crippen molar-refractivity contribution in [1.29, 1.82) is 0 Å². The molecule has 0 aliphatic carbocycles. The lowest BCUT2D eigenvalue weighted by atomic mass is 10.3. The van der Waals surface area contributed by atoms with Gasteiger partial charge in [0, 0.05) is 24.2 Å². The van der Waals surface area contributed by atoms with Crippen LogP contribution in [0.3, 0.4) is 0 Å². The lowest BCUT2D eigenvalue weighted by Gasteiger charge is -2.07. The molecule has 0 radical (unpaired) electrons. The molecule has 0 aromatic heterocycles. The van der Waals surface area contributed by atoms with Gasteiger partial charge in [-0.25, -0.2) is 0 Å². The highest BCUT2D eigenvalue weighted by Crippen LogP contribution is 2.17. The maximum Gasteiger partial charge on any atom is 0.239 e. The highest BCUT2D eigenvalue weighted by atomic mass is 32.2. The lowest BCUT2D eigenvalue weighted by molar-refractivity contribution is -0.119. The van der Waals surface area contributed by atoms with Crippen LogP contribution in [0.15, 0.2) is 29.2 Å². The average Bonchev–Trinajstić information content (AvgIpc) is 2.37. The molecule has 2 N–H and O–H groups in total. The average molecular weight is 254 g/mol. The summed E-state index contributed by atoms with van der Waals surface area (Å²) in [4.78, 5) is 12.6. The van der Waals surface area contributed by atoms with Gasteiger partial charge in [-0.05, 0) is 30.5 Å². The molecule has 1 amide bonds. The third-order valence-corrected chi connectivity index (χ3v) is 2.92. The van der Waals surface area contributed by atoms with E-state index in [2.05, 4.69) is 10.6 Å². The first-order valence-electron chi connectivity index (χ1n) is 5.40. The van der Waals surface area contributed by atoms with Crippen molar-refractivity contribution in [2.45, 2.75) is 4.90 Å². The first-order chi connectivity index (χ1) is 8.26. The predicted octanol–water partition coefficient (Wildman–Crippen LogP) is 1.58. The van der Waals surface area contributed by atoms with Crippen molar-refractivity contribution in [2.24, 2.45) is 0 Å². The first-order valence-corrected chi connectivity index (χ1v) is 6.62. The van der Waals surface area contributed by atoms with Crippen LogP contribution >= 0.6 is 11.8 Å². The fourth-order valence-corrected chi connectivity index (χ4v) is 1.65. The van der Waals surface area contributed by atoms with E-state index in [4.69, 9.17) is 4.74 Å². The van der Waals surface area contributed by atoms with E-state index in [1.807, 2.05) is 30.5 Å². The highest BCUT2D eigenvalue weighted by molar-refractivity contribution is 7.98. The zero-order chi connectivity index (χ0) is 12.5. The summed E-state index contributed by atoms with van der Waals surface area (Å²) in [5.74, 6) is -0.0315. The van der Waals surface area contributed by atoms with Crippen molar-refractivity contribution < 1.29 is 9.53 Å². The number of hydrogen-bond donors (Lipinski definition) is 2. The molecule has 0 saturated heterocycles. The van der Waals surface area contributed by atoms with Gasteiger partial charge in [0.15, 0.2) is 0 Å². The molecule has 1 aromatic rings. The lowest BCUT2D eigenvalue weighted by Crippen LogP contribution is -2.32. The van der Waals surface area contributed by atoms with E-state index in [1.54, 1.807) is 18.9 Å². The molecule has 0 unspecified atom stereocenters. The van der Waals surface area contributed by atoms with Crippen LogP contribution in [0.4, 0.5) is 5.69 Å². The van der Waals surface area contributed by atoms with E-state index >= 15 is 0 Å². The number of ether oxygens (including phenoxy) is 1. The Hall–Kier alpha value is -1.20. The van der Waals surface area contributed by atoms with Gasteiger partial charge in [-0.3, -0.25) is 4.79 Å². The Bertz CT molecular complexity index is 341. The highest BCUT2D eigenvalue weighted by Gasteiger charge is 2.00. The van der Waals surface area contributed by atoms with E-state index < -0.39 is 0 Å². The van der Waals surface area contributed by atoms with Gasteiger partial charge in [0.2, 0.25) is 5.91 Å². The zero-order valence-corrected chi connectivity index (χ0v) is 11.0. The second kappa shape index (κ2) is 7.97. The Morgan fingerprint density at radius 3 is 2.65 bits per heavy atom. The molecule has 0 atom stereocenters. The van der Waals surface area contributed by atoms with Gasteiger partial charge in [0.05, 0.1) is 13.2 Å². The number of hydrogen-bond acceptors (Lipinski definition) is 4. The van der Waals surface area contributed by atoms with Gasteiger partial charge >= 0.3 is 0 Å². The minimum absolute atomic E-state index is 0.0315. The molecule has 0 saturated carbocycles. The summed E-state index contributed by atoms with van der Waals surface area (Å²) in [6.07, 6.45) is 2.03. The number of anilines is 1. The van der Waals surface area contributed by atoms with Crippen LogP contribution in [0.25, 0.3) is 0 Å². The summed E-state index contributed by atoms with van der Waals surface area (Å²) in [7, 11) is 1.61. The second-order valence-electron chi connectivity index (χ2n) is 3.42. The van der Waals surface area contributed by atoms with Crippen LogP contribution < -0.4 is 10.6 Å². The van der Waals surface area contributed by atoms with Crippen molar-refractivity contribution in [2.75, 3.05) is 38.4 Å². The molecule has 0 spiro atoms. The number of thioether (sulfide) groups is 1. The molecule has 17 heavy (non-hydrogen) atoms. The predicted molar refractivity (Wildman–Crippen MR) is 71.6 cm³/mol. The van der Waals surface area contributed by atoms with Crippen molar-refractivity contribution in [1.82, 2.24) is 5.32 Å². The van der Waals surface area contributed by atoms with E-state index in [1.165, 1.54) is 4.90 Å². The topological polar surface area (TPSA) is 50.4 Å². The third-order valence-electron chi connectivity index (χ3n) is 2.17. The molecule has 94 valence electrons. The molecule has 5 heteroatoms. The normalized spacial score (nSPS) is 10.0. The van der Waals surface area contributed by atoms with E-state index in [0.29, 0.717) is 13.2 Å². The van der Waals surface area contributed by atoms with Gasteiger partial charge in [-0.2, -0.15) is 0 Å². The maximum atomic E-state index is 11.4. The molecule has 1 aromatic carbocycles. The summed E-state index contributed by atoms with van der Waals surface area (Å²) in [6, 6.07) is 7.98. The summed E-state index contributed by atoms with van der Waals surface area (Å²) >= 11 is 1.69. The number of methoxy groups -OCH3 is 1. The molecule has 0 bridgehead atoms. The second-order valence-corrected chi connectivity index (χ2v) is 4.30. The smallest absolute Gasteiger partial charge is 0.239 e. The monoisotopic (exact) mass is 254 g/mol. The van der Waals surface area contributed by atoms with E-state index in [0.717, 1.165) is 5.69 Å². The van der Waals surface area contributed by atoms with Crippen LogP contribution in [0, 0.1) is 0 Å². The molecule has 1 rings (SSSR count). The molecule has 0 aliphatic rings. The Morgan fingerprint density at radius 1 is 1.35 bits per heavy atom. The van der Waals surface area contributed by atoms with E-state index in [9.17, 15) is 4.79 Å². The number of benzene rings is 1. The first kappa shape index (κ1) is 13.9. The van der Waals surface area contributed by atoms with Crippen LogP contribution in [0.5, 0.6) is 0 Å². The summed E-state index contributed by atoms with van der Waals surface area (Å²) in [5, 5.41) is 5.81. The molecular formula is C12H18N2O2S. The number of carbonyl (C=O) groups is 1. The largest absolute Gasteiger partial charge is 0.383 e. The Balaban J connectivity index is 2.27. The fraction of sp³-hybridized carbons (Fsp3) is 0.417. The van der Waals surface area contributed by atoms with Gasteiger partial charge in [0.25, 0.3) is 0 Å². The Labute approximate surface area is 106 Å². The Morgan fingerprint density at radius 2 is 2.06 bits per heavy atom. The van der Waals surface area contributed by atoms with Gasteiger partial charge < -0.3 is 15.4 Å². The Kier molecular flexibility index (Phi) is 6.50. The van der Waals surface area contributed by atoms with Gasteiger partial charge in [0.1, 0.15) is 0 Å². The fourth-order valence-electron chi connectivity index (χ4n) is 1.25. The standard InChI is InChI=1S/C12H18N2O2S/c1-16-8-7-13-12(15)9-14-10-3-5-11(17-2)6-4-10/h3-6,14H,7-9H2,1-2H3,(H,13,15). The van der Waals surface area contributed by atoms with Crippen molar-refractivity contribution in [3.8, 4) is 0 Å². The van der Waals surface area contributed by atoms with Crippen molar-refractivity contribution in [3.05, 3.63) is 24.3 Å². The molecule has 4 nitrogen and oxygen atoms in total. The van der Waals surface area contributed by atoms with Crippen LogP contribution in [0.1, 0.15) is 0 Å². The molecule has 0 aliphatic heterocycles. The van der Waals surface area contributed by atoms with Gasteiger partial charge in [-0.1, -0.05) is 0 Å². The van der Waals surface area contributed by atoms with Crippen molar-refractivity contribution in [3.63, 3.8) is 0 Å². The number of rotatable bonds is 7. The minimum Gasteiger partial charge on any atom is -0.383 e. The summed E-state index contributed by atoms with van der Waals surface area (Å²) in [6.45, 7) is 1.36. The zero-order valence-electron chi connectivity index (χ0n) is 10.2. The third kappa shape index (κ3) is 5.60. The van der Waals surface area contributed by atoms with E-state index in [-0.39, 0.29) is 12.5 Å². The minimum atomic E-state index is -0.0315. The summed E-state index contributed by atoms with van der Waals surface area (Å²) < 4.78 is 4.84. The van der Waals surface area contributed by atoms with Crippen molar-refractivity contribution >= 4 is 23.4 Å². The quantitative estimate of drug-likeness (QED) is 0.573. The SMILES string of the molecule is COCCNC(=O)CNc1ccc(SC)cc1. The maximum absolute atomic E-state index is 11.4. The molecule has 0 heterocycles. The molecule has 0 fully saturated rings. The molecular weight excluding hydrogens is 236 g/mol. The summed E-state index contributed by atoms with van der Waals surface area (Å²) in [5.41, 5.74) is 0.949. The van der Waals surface area contributed by atoms with Crippen LogP contribution in [0.2, 0.25) is 0 Å². The number of nitrogens with one attached hydrogen (secondary N) is 2. The van der Waals surface area contributed by atoms with Gasteiger partial charge in [-0.15, -0.1) is 11.8 Å². The number of carbonyl (C=O) groups excluding carboxylic acids is 1. The van der Waals surface area contributed by atoms with Crippen LogP contribution in [-0.2, 0) is 9.53 Å².